The maximum atomic E-state index is 12.7. The number of pyridine rings is 1. The monoisotopic (exact) mass is 380 g/mol. The molecule has 2 fully saturated rings. The molecule has 2 aliphatic heterocycles. The Morgan fingerprint density at radius 3 is 2.62 bits per heavy atom. The molecule has 2 aliphatic rings. The molecule has 3 heterocycles. The van der Waals surface area contributed by atoms with Crippen molar-refractivity contribution in [2.45, 2.75) is 19.4 Å². The topological polar surface area (TPSA) is 99.7 Å². The highest BCUT2D eigenvalue weighted by atomic mass is 32.2. The van der Waals surface area contributed by atoms with Gasteiger partial charge < -0.3 is 15.1 Å². The molecule has 1 unspecified atom stereocenters. The lowest BCUT2D eigenvalue weighted by atomic mass is 10.1. The summed E-state index contributed by atoms with van der Waals surface area (Å²) in [4.78, 5) is 33.1. The third kappa shape index (κ3) is 4.39. The molecule has 142 valence electrons. The molecule has 2 saturated heterocycles. The largest absolute Gasteiger partial charge is 0.347 e. The van der Waals surface area contributed by atoms with E-state index in [1.807, 2.05) is 0 Å². The van der Waals surface area contributed by atoms with Crippen molar-refractivity contribution in [1.82, 2.24) is 20.1 Å². The number of rotatable bonds is 4. The molecule has 1 aromatic rings. The first-order valence-electron chi connectivity index (χ1n) is 8.87. The Kier molecular flexibility index (Phi) is 5.57. The van der Waals surface area contributed by atoms with E-state index >= 15 is 0 Å². The Morgan fingerprint density at radius 1 is 1.27 bits per heavy atom. The van der Waals surface area contributed by atoms with Crippen LogP contribution in [0, 0.1) is 0 Å². The Morgan fingerprint density at radius 2 is 2.00 bits per heavy atom. The van der Waals surface area contributed by atoms with Crippen molar-refractivity contribution in [3.8, 4) is 0 Å². The SMILES string of the molecule is CCN1CCN(C(=O)c2ccnc(C(=O)NC3CCS(=O)(=O)C3)c2)CC1. The summed E-state index contributed by atoms with van der Waals surface area (Å²) in [5.41, 5.74) is 0.557. The van der Waals surface area contributed by atoms with Crippen LogP contribution >= 0.6 is 0 Å². The first kappa shape index (κ1) is 18.8. The predicted octanol–water partition coefficient (Wildman–Crippen LogP) is -0.224. The fraction of sp³-hybridized carbons (Fsp3) is 0.588. The molecular weight excluding hydrogens is 356 g/mol. The normalized spacial score (nSPS) is 23.0. The van der Waals surface area contributed by atoms with Gasteiger partial charge in [-0.3, -0.25) is 14.6 Å². The fourth-order valence-corrected chi connectivity index (χ4v) is 4.98. The van der Waals surface area contributed by atoms with Crippen LogP contribution in [0.1, 0.15) is 34.2 Å². The molecule has 0 aromatic carbocycles. The number of likely N-dealkylation sites (N-methyl/N-ethyl adjacent to an activating group) is 1. The minimum Gasteiger partial charge on any atom is -0.347 e. The van der Waals surface area contributed by atoms with Gasteiger partial charge in [0.25, 0.3) is 11.8 Å². The molecule has 0 aliphatic carbocycles. The number of nitrogens with zero attached hydrogens (tertiary/aromatic N) is 3. The summed E-state index contributed by atoms with van der Waals surface area (Å²) in [6.45, 7) is 6.08. The maximum absolute atomic E-state index is 12.7. The van der Waals surface area contributed by atoms with Crippen molar-refractivity contribution < 1.29 is 18.0 Å². The molecule has 1 aromatic heterocycles. The second kappa shape index (κ2) is 7.71. The average molecular weight is 380 g/mol. The summed E-state index contributed by atoms with van der Waals surface area (Å²) in [6.07, 6.45) is 1.85. The zero-order chi connectivity index (χ0) is 18.7. The van der Waals surface area contributed by atoms with Crippen molar-refractivity contribution in [2.75, 3.05) is 44.2 Å². The van der Waals surface area contributed by atoms with E-state index in [2.05, 4.69) is 22.1 Å². The number of aromatic nitrogens is 1. The number of piperazine rings is 1. The molecule has 2 amide bonds. The second-order valence-electron chi connectivity index (χ2n) is 6.73. The van der Waals surface area contributed by atoms with E-state index in [1.54, 1.807) is 11.0 Å². The van der Waals surface area contributed by atoms with E-state index < -0.39 is 21.8 Å². The number of hydrogen-bond donors (Lipinski definition) is 1. The molecule has 1 N–H and O–H groups in total. The Hall–Kier alpha value is -2.00. The van der Waals surface area contributed by atoms with Gasteiger partial charge in [-0.15, -0.1) is 0 Å². The maximum Gasteiger partial charge on any atom is 0.270 e. The van der Waals surface area contributed by atoms with Gasteiger partial charge in [0.15, 0.2) is 9.84 Å². The lowest BCUT2D eigenvalue weighted by Crippen LogP contribution is -2.48. The summed E-state index contributed by atoms with van der Waals surface area (Å²) in [5.74, 6) is -0.509. The standard InChI is InChI=1S/C17H24N4O4S/c1-2-20-6-8-21(9-7-20)17(23)13-3-5-18-15(11-13)16(22)19-14-4-10-26(24,25)12-14/h3,5,11,14H,2,4,6-10,12H2,1H3,(H,19,22). The number of amides is 2. The van der Waals surface area contributed by atoms with E-state index in [1.165, 1.54) is 12.3 Å². The van der Waals surface area contributed by atoms with E-state index in [-0.39, 0.29) is 23.1 Å². The molecule has 1 atom stereocenters. The summed E-state index contributed by atoms with van der Waals surface area (Å²) in [7, 11) is -3.07. The highest BCUT2D eigenvalue weighted by Crippen LogP contribution is 2.13. The van der Waals surface area contributed by atoms with Crippen LogP contribution in [0.3, 0.4) is 0 Å². The van der Waals surface area contributed by atoms with Gasteiger partial charge in [0.1, 0.15) is 5.69 Å². The third-order valence-electron chi connectivity index (χ3n) is 4.91. The molecule has 8 nitrogen and oxygen atoms in total. The van der Waals surface area contributed by atoms with Crippen LogP contribution < -0.4 is 5.32 Å². The second-order valence-corrected chi connectivity index (χ2v) is 8.96. The first-order valence-corrected chi connectivity index (χ1v) is 10.7. The van der Waals surface area contributed by atoms with Crippen LogP contribution in [-0.2, 0) is 9.84 Å². The zero-order valence-corrected chi connectivity index (χ0v) is 15.7. The van der Waals surface area contributed by atoms with Crippen molar-refractivity contribution in [3.63, 3.8) is 0 Å². The summed E-state index contributed by atoms with van der Waals surface area (Å²) in [6, 6.07) is 2.69. The van der Waals surface area contributed by atoms with Crippen LogP contribution in [0.2, 0.25) is 0 Å². The predicted molar refractivity (Wildman–Crippen MR) is 96.8 cm³/mol. The molecule has 9 heteroatoms. The molecule has 0 spiro atoms. The van der Waals surface area contributed by atoms with Gasteiger partial charge in [-0.25, -0.2) is 8.42 Å². The first-order chi connectivity index (χ1) is 12.4. The number of hydrogen-bond acceptors (Lipinski definition) is 6. The minimum atomic E-state index is -3.07. The Bertz CT molecular complexity index is 788. The van der Waals surface area contributed by atoms with Crippen molar-refractivity contribution in [1.29, 1.82) is 0 Å². The van der Waals surface area contributed by atoms with Crippen molar-refractivity contribution in [3.05, 3.63) is 29.6 Å². The van der Waals surface area contributed by atoms with Crippen molar-refractivity contribution >= 4 is 21.7 Å². The summed E-state index contributed by atoms with van der Waals surface area (Å²) < 4.78 is 23.0. The van der Waals surface area contributed by atoms with Crippen LogP contribution in [0.15, 0.2) is 18.3 Å². The van der Waals surface area contributed by atoms with Gasteiger partial charge in [0, 0.05) is 44.0 Å². The van der Waals surface area contributed by atoms with Gasteiger partial charge in [0.05, 0.1) is 11.5 Å². The van der Waals surface area contributed by atoms with Gasteiger partial charge in [-0.2, -0.15) is 0 Å². The van der Waals surface area contributed by atoms with Crippen LogP contribution in [0.5, 0.6) is 0 Å². The lowest BCUT2D eigenvalue weighted by molar-refractivity contribution is 0.0643. The summed E-state index contributed by atoms with van der Waals surface area (Å²) >= 11 is 0. The van der Waals surface area contributed by atoms with E-state index in [9.17, 15) is 18.0 Å². The van der Waals surface area contributed by atoms with E-state index in [4.69, 9.17) is 0 Å². The smallest absolute Gasteiger partial charge is 0.270 e. The molecular formula is C17H24N4O4S. The Labute approximate surface area is 153 Å². The Balaban J connectivity index is 1.64. The van der Waals surface area contributed by atoms with Gasteiger partial charge >= 0.3 is 0 Å². The van der Waals surface area contributed by atoms with Gasteiger partial charge in [0.2, 0.25) is 0 Å². The molecule has 0 radical (unpaired) electrons. The highest BCUT2D eigenvalue weighted by molar-refractivity contribution is 7.91. The van der Waals surface area contributed by atoms with E-state index in [0.717, 1.165) is 19.6 Å². The van der Waals surface area contributed by atoms with Crippen LogP contribution in [0.25, 0.3) is 0 Å². The van der Waals surface area contributed by atoms with Crippen LogP contribution in [0.4, 0.5) is 0 Å². The third-order valence-corrected chi connectivity index (χ3v) is 6.68. The molecule has 3 rings (SSSR count). The fourth-order valence-electron chi connectivity index (χ4n) is 3.31. The molecule has 26 heavy (non-hydrogen) atoms. The zero-order valence-electron chi connectivity index (χ0n) is 14.8. The average Bonchev–Trinajstić information content (AvgIpc) is 2.99. The number of nitrogens with one attached hydrogen (secondary N) is 1. The molecule has 0 saturated carbocycles. The minimum absolute atomic E-state index is 0.0426. The number of carbonyl (C=O) groups is 2. The molecule has 0 bridgehead atoms. The van der Waals surface area contributed by atoms with Crippen LogP contribution in [-0.4, -0.2) is 85.3 Å². The van der Waals surface area contributed by atoms with Gasteiger partial charge in [-0.05, 0) is 25.1 Å². The van der Waals surface area contributed by atoms with Gasteiger partial charge in [-0.1, -0.05) is 6.92 Å². The quantitative estimate of drug-likeness (QED) is 0.775. The summed E-state index contributed by atoms with van der Waals surface area (Å²) in [5, 5.41) is 2.70. The highest BCUT2D eigenvalue weighted by Gasteiger charge is 2.29. The number of sulfone groups is 1. The lowest BCUT2D eigenvalue weighted by Gasteiger charge is -2.34. The number of carbonyl (C=O) groups excluding carboxylic acids is 2. The van der Waals surface area contributed by atoms with Crippen molar-refractivity contribution in [2.24, 2.45) is 0 Å². The van der Waals surface area contributed by atoms with E-state index in [0.29, 0.717) is 25.1 Å².